The van der Waals surface area contributed by atoms with Crippen molar-refractivity contribution in [3.63, 3.8) is 0 Å². The number of likely N-dealkylation sites (tertiary alicyclic amines) is 1. The molecule has 25 heavy (non-hydrogen) atoms. The maximum absolute atomic E-state index is 13.8. The summed E-state index contributed by atoms with van der Waals surface area (Å²) in [5.74, 6) is 1.25. The fraction of sp³-hybridized carbons (Fsp3) is 0.500. The first kappa shape index (κ1) is 17.8. The molecule has 0 aliphatic carbocycles. The number of anilines is 1. The fourth-order valence-corrected chi connectivity index (χ4v) is 3.54. The first-order valence-corrected chi connectivity index (χ1v) is 9.25. The second kappa shape index (κ2) is 8.90. The summed E-state index contributed by atoms with van der Waals surface area (Å²) in [6, 6.07) is 7.13. The Morgan fingerprint density at radius 1 is 1.24 bits per heavy atom. The van der Waals surface area contributed by atoms with Gasteiger partial charge in [0.05, 0.1) is 0 Å². The van der Waals surface area contributed by atoms with Crippen LogP contribution in [-0.2, 0) is 13.0 Å². The number of hydrogen-bond acceptors (Lipinski definition) is 4. The Hall–Kier alpha value is -2.01. The van der Waals surface area contributed by atoms with Crippen LogP contribution in [0.5, 0.6) is 0 Å². The van der Waals surface area contributed by atoms with Crippen molar-refractivity contribution in [1.82, 2.24) is 14.9 Å². The Kier molecular flexibility index (Phi) is 6.34. The van der Waals surface area contributed by atoms with Crippen LogP contribution < -0.4 is 5.32 Å². The van der Waals surface area contributed by atoms with E-state index in [0.29, 0.717) is 11.9 Å². The molecule has 0 amide bonds. The highest BCUT2D eigenvalue weighted by Crippen LogP contribution is 2.23. The van der Waals surface area contributed by atoms with Gasteiger partial charge in [0, 0.05) is 37.6 Å². The molecule has 1 aromatic heterocycles. The van der Waals surface area contributed by atoms with Gasteiger partial charge < -0.3 is 5.32 Å². The molecule has 0 spiro atoms. The molecule has 1 fully saturated rings. The molecule has 0 radical (unpaired) electrons. The molecule has 1 aliphatic heterocycles. The van der Waals surface area contributed by atoms with Gasteiger partial charge >= 0.3 is 0 Å². The number of aromatic nitrogens is 2. The average molecular weight is 342 g/mol. The average Bonchev–Trinajstić information content (AvgIpc) is 2.63. The van der Waals surface area contributed by atoms with E-state index < -0.39 is 0 Å². The second-order valence-corrected chi connectivity index (χ2v) is 6.82. The molecule has 134 valence electrons. The van der Waals surface area contributed by atoms with E-state index in [-0.39, 0.29) is 5.82 Å². The van der Waals surface area contributed by atoms with Crippen LogP contribution >= 0.6 is 0 Å². The normalized spacial score (nSPS) is 18.2. The lowest BCUT2D eigenvalue weighted by molar-refractivity contribution is 0.161. The minimum Gasteiger partial charge on any atom is -0.355 e. The number of halogens is 1. The van der Waals surface area contributed by atoms with Gasteiger partial charge in [0.15, 0.2) is 0 Å². The van der Waals surface area contributed by atoms with Crippen molar-refractivity contribution in [2.45, 2.75) is 39.2 Å². The number of rotatable bonds is 7. The third-order valence-electron chi connectivity index (χ3n) is 4.83. The number of aryl methyl sites for hydroxylation is 1. The second-order valence-electron chi connectivity index (χ2n) is 6.82. The topological polar surface area (TPSA) is 41.1 Å². The van der Waals surface area contributed by atoms with Crippen LogP contribution in [0, 0.1) is 11.7 Å². The van der Waals surface area contributed by atoms with Gasteiger partial charge in [-0.05, 0) is 56.7 Å². The van der Waals surface area contributed by atoms with Gasteiger partial charge in [0.2, 0.25) is 5.95 Å². The number of hydrogen-bond donors (Lipinski definition) is 1. The minimum absolute atomic E-state index is 0.0758. The predicted molar refractivity (Wildman–Crippen MR) is 98.9 cm³/mol. The quantitative estimate of drug-likeness (QED) is 0.829. The highest BCUT2D eigenvalue weighted by atomic mass is 19.1. The third-order valence-corrected chi connectivity index (χ3v) is 4.83. The molecule has 2 aromatic rings. The van der Waals surface area contributed by atoms with Crippen molar-refractivity contribution in [3.8, 4) is 0 Å². The van der Waals surface area contributed by atoms with Gasteiger partial charge in [-0.2, -0.15) is 0 Å². The van der Waals surface area contributed by atoms with Crippen LogP contribution in [0.1, 0.15) is 37.3 Å². The Morgan fingerprint density at radius 2 is 2.04 bits per heavy atom. The molecule has 1 aliphatic rings. The molecular weight excluding hydrogens is 315 g/mol. The molecular formula is C20H27FN4. The number of benzene rings is 1. The van der Waals surface area contributed by atoms with Crippen LogP contribution in [0.2, 0.25) is 0 Å². The first-order valence-electron chi connectivity index (χ1n) is 9.25. The molecule has 3 rings (SSSR count). The lowest BCUT2D eigenvalue weighted by Crippen LogP contribution is -2.35. The summed E-state index contributed by atoms with van der Waals surface area (Å²) in [5.41, 5.74) is 1.99. The summed E-state index contributed by atoms with van der Waals surface area (Å²) in [6.07, 6.45) is 8.14. The largest absolute Gasteiger partial charge is 0.355 e. The summed E-state index contributed by atoms with van der Waals surface area (Å²) in [7, 11) is 0. The molecule has 1 N–H and O–H groups in total. The van der Waals surface area contributed by atoms with E-state index in [1.807, 2.05) is 31.5 Å². The van der Waals surface area contributed by atoms with Crippen LogP contribution in [0.4, 0.5) is 10.3 Å². The van der Waals surface area contributed by atoms with Gasteiger partial charge in [-0.3, -0.25) is 4.90 Å². The third kappa shape index (κ3) is 5.23. The maximum atomic E-state index is 13.8. The zero-order valence-electron chi connectivity index (χ0n) is 14.9. The van der Waals surface area contributed by atoms with Gasteiger partial charge in [-0.15, -0.1) is 0 Å². The molecule has 0 bridgehead atoms. The van der Waals surface area contributed by atoms with E-state index in [2.05, 4.69) is 20.2 Å². The van der Waals surface area contributed by atoms with Crippen LogP contribution in [0.15, 0.2) is 36.7 Å². The molecule has 1 saturated heterocycles. The highest BCUT2D eigenvalue weighted by Gasteiger charge is 2.20. The maximum Gasteiger partial charge on any atom is 0.222 e. The highest BCUT2D eigenvalue weighted by molar-refractivity contribution is 5.24. The van der Waals surface area contributed by atoms with Crippen LogP contribution in [-0.4, -0.2) is 34.5 Å². The zero-order chi connectivity index (χ0) is 17.5. The van der Waals surface area contributed by atoms with E-state index in [9.17, 15) is 4.39 Å². The van der Waals surface area contributed by atoms with E-state index in [1.165, 1.54) is 12.8 Å². The Labute approximate surface area is 149 Å². The van der Waals surface area contributed by atoms with Gasteiger partial charge in [-0.1, -0.05) is 18.2 Å². The number of nitrogens with zero attached hydrogens (tertiary/aromatic N) is 3. The monoisotopic (exact) mass is 342 g/mol. The lowest BCUT2D eigenvalue weighted by atomic mass is 9.91. The Morgan fingerprint density at radius 3 is 2.80 bits per heavy atom. The number of nitrogens with one attached hydrogen (secondary N) is 1. The molecule has 4 nitrogen and oxygen atoms in total. The van der Waals surface area contributed by atoms with E-state index in [1.54, 1.807) is 12.1 Å². The Bertz CT molecular complexity index is 659. The van der Waals surface area contributed by atoms with Gasteiger partial charge in [-0.25, -0.2) is 14.4 Å². The SMILES string of the molecule is CCNc1ncc(CN2CCC[C@H](CCc3ccccc3F)C2)cn1. The first-order chi connectivity index (χ1) is 12.2. The molecule has 5 heteroatoms. The van der Waals surface area contributed by atoms with Crippen LogP contribution in [0.25, 0.3) is 0 Å². The molecule has 0 unspecified atom stereocenters. The summed E-state index contributed by atoms with van der Waals surface area (Å²) in [4.78, 5) is 11.2. The molecule has 1 atom stereocenters. The van der Waals surface area contributed by atoms with Crippen molar-refractivity contribution >= 4 is 5.95 Å². The molecule has 2 heterocycles. The van der Waals surface area contributed by atoms with Gasteiger partial charge in [0.25, 0.3) is 0 Å². The van der Waals surface area contributed by atoms with Crippen molar-refractivity contribution in [1.29, 1.82) is 0 Å². The van der Waals surface area contributed by atoms with E-state index in [4.69, 9.17) is 0 Å². The number of piperidine rings is 1. The summed E-state index contributed by atoms with van der Waals surface area (Å²) < 4.78 is 13.8. The smallest absolute Gasteiger partial charge is 0.222 e. The zero-order valence-corrected chi connectivity index (χ0v) is 14.9. The van der Waals surface area contributed by atoms with Crippen LogP contribution in [0.3, 0.4) is 0 Å². The predicted octanol–water partition coefficient (Wildman–Crippen LogP) is 3.89. The molecule has 0 saturated carbocycles. The minimum atomic E-state index is -0.0758. The van der Waals surface area contributed by atoms with Crippen molar-refractivity contribution < 1.29 is 4.39 Å². The van der Waals surface area contributed by atoms with E-state index >= 15 is 0 Å². The molecule has 1 aromatic carbocycles. The van der Waals surface area contributed by atoms with Crippen molar-refractivity contribution in [2.75, 3.05) is 25.0 Å². The van der Waals surface area contributed by atoms with E-state index in [0.717, 1.165) is 50.1 Å². The Balaban J connectivity index is 1.50. The van der Waals surface area contributed by atoms with Crippen molar-refractivity contribution in [3.05, 3.63) is 53.6 Å². The summed E-state index contributed by atoms with van der Waals surface area (Å²) >= 11 is 0. The standard InChI is InChI=1S/C20H27FN4/c1-2-22-20-23-12-17(13-24-20)15-25-11-5-6-16(14-25)9-10-18-7-3-4-8-19(18)21/h3-4,7-8,12-13,16H,2,5-6,9-11,14-15H2,1H3,(H,22,23,24)/t16-/m1/s1. The summed E-state index contributed by atoms with van der Waals surface area (Å²) in [5, 5.41) is 3.12. The van der Waals surface area contributed by atoms with Crippen molar-refractivity contribution in [2.24, 2.45) is 5.92 Å². The lowest BCUT2D eigenvalue weighted by Gasteiger charge is -2.32. The fourth-order valence-electron chi connectivity index (χ4n) is 3.54. The van der Waals surface area contributed by atoms with Gasteiger partial charge in [0.1, 0.15) is 5.82 Å². The summed E-state index contributed by atoms with van der Waals surface area (Å²) in [6.45, 7) is 5.94.